The lowest BCUT2D eigenvalue weighted by Gasteiger charge is -2.34. The van der Waals surface area contributed by atoms with E-state index < -0.39 is 19.1 Å². The zero-order valence-electron chi connectivity index (χ0n) is 39.2. The van der Waals surface area contributed by atoms with Gasteiger partial charge < -0.3 is 59.3 Å². The molecule has 2 fully saturated rings. The predicted octanol–water partition coefficient (Wildman–Crippen LogP) is 5.29. The molecule has 3 aliphatic rings. The molecule has 19 nitrogen and oxygen atoms in total. The normalized spacial score (nSPS) is 16.3. The highest BCUT2D eigenvalue weighted by Crippen LogP contribution is 2.39. The first kappa shape index (κ1) is 51.0. The molecular formula is C48H61ClN9O10P. The molecule has 0 spiro atoms. The number of carbonyl (C=O) groups is 4. The fraction of sp³-hybridized carbons (Fsp3) is 0.458. The maximum atomic E-state index is 13.0. The number of nitrogens with one attached hydrogen (secondary N) is 5. The van der Waals surface area contributed by atoms with Crippen LogP contribution < -0.4 is 41.5 Å². The highest BCUT2D eigenvalue weighted by molar-refractivity contribution is 7.70. The van der Waals surface area contributed by atoms with E-state index in [0.717, 1.165) is 42.9 Å². The first-order valence-electron chi connectivity index (χ1n) is 23.1. The molecule has 1 aromatic heterocycles. The van der Waals surface area contributed by atoms with E-state index in [4.69, 9.17) is 35.3 Å². The van der Waals surface area contributed by atoms with Gasteiger partial charge in [0.1, 0.15) is 24.0 Å². The molecule has 7 rings (SSSR count). The van der Waals surface area contributed by atoms with Gasteiger partial charge in [0.15, 0.2) is 5.82 Å². The van der Waals surface area contributed by atoms with E-state index in [-0.39, 0.29) is 36.6 Å². The number of benzene rings is 3. The Morgan fingerprint density at radius 2 is 1.54 bits per heavy atom. The standard InChI is InChI=1S/C48H61ClN9O10P/c1-64-41-29-33(11-12-38(41)54-48-51-30-36(49)45(56-48)53-39-8-4-5-10-42(39)69(2,3)63)57-19-15-32(16-20-57)52-44(60)17-21-65-23-25-67-27-28-68-26-24-66-22-18-50-37-9-6-7-34-35(37)31-58(47(34)62)40-13-14-43(59)55-46(40)61/h4-12,29-30,32,40,50H,13-28,31H2,1-3H3,(H,52,60)(H,55,59,61)(H2,51,53,54,56). The number of anilines is 6. The van der Waals surface area contributed by atoms with E-state index in [2.05, 4.69) is 41.5 Å². The van der Waals surface area contributed by atoms with Crippen molar-refractivity contribution in [2.24, 2.45) is 0 Å². The molecule has 3 aromatic carbocycles. The lowest BCUT2D eigenvalue weighted by atomic mass is 10.0. The van der Waals surface area contributed by atoms with Crippen LogP contribution in [0.4, 0.5) is 34.5 Å². The van der Waals surface area contributed by atoms with Crippen LogP contribution in [0.25, 0.3) is 0 Å². The van der Waals surface area contributed by atoms with Crippen LogP contribution in [0.5, 0.6) is 5.75 Å². The van der Waals surface area contributed by atoms with Crippen molar-refractivity contribution in [2.45, 2.75) is 50.7 Å². The smallest absolute Gasteiger partial charge is 0.255 e. The minimum absolute atomic E-state index is 0.0426. The van der Waals surface area contributed by atoms with Gasteiger partial charge in [0.05, 0.1) is 77.5 Å². The van der Waals surface area contributed by atoms with Crippen LogP contribution in [0.3, 0.4) is 0 Å². The third-order valence-corrected chi connectivity index (χ3v) is 13.7. The summed E-state index contributed by atoms with van der Waals surface area (Å²) in [6.45, 7) is 8.92. The number of aromatic nitrogens is 2. The van der Waals surface area contributed by atoms with Crippen molar-refractivity contribution in [2.75, 3.05) is 114 Å². The molecule has 0 saturated carbocycles. The first-order chi connectivity index (χ1) is 33.4. The van der Waals surface area contributed by atoms with Crippen molar-refractivity contribution in [3.05, 3.63) is 83.0 Å². The summed E-state index contributed by atoms with van der Waals surface area (Å²) in [6, 6.07) is 18.1. The summed E-state index contributed by atoms with van der Waals surface area (Å²) in [4.78, 5) is 62.4. The van der Waals surface area contributed by atoms with Crippen molar-refractivity contribution in [3.8, 4) is 5.75 Å². The van der Waals surface area contributed by atoms with Crippen LogP contribution in [0.1, 0.15) is 48.0 Å². The number of fused-ring (bicyclic) bond motifs is 1. The molecule has 3 aliphatic heterocycles. The number of amides is 4. The van der Waals surface area contributed by atoms with Gasteiger partial charge in [-0.1, -0.05) is 29.8 Å². The van der Waals surface area contributed by atoms with Crippen molar-refractivity contribution in [1.82, 2.24) is 25.5 Å². The minimum Gasteiger partial charge on any atom is -0.494 e. The highest BCUT2D eigenvalue weighted by Gasteiger charge is 2.40. The summed E-state index contributed by atoms with van der Waals surface area (Å²) in [5, 5.41) is 16.3. The summed E-state index contributed by atoms with van der Waals surface area (Å²) in [6.07, 6.45) is 3.90. The quantitative estimate of drug-likeness (QED) is 0.0323. The number of halogens is 1. The molecule has 5 N–H and O–H groups in total. The maximum absolute atomic E-state index is 13.0. The largest absolute Gasteiger partial charge is 0.494 e. The lowest BCUT2D eigenvalue weighted by molar-refractivity contribution is -0.137. The average Bonchev–Trinajstić information content (AvgIpc) is 3.67. The Kier molecular flexibility index (Phi) is 18.2. The molecule has 21 heteroatoms. The van der Waals surface area contributed by atoms with E-state index in [0.29, 0.717) is 117 Å². The molecular weight excluding hydrogens is 929 g/mol. The molecule has 69 heavy (non-hydrogen) atoms. The van der Waals surface area contributed by atoms with Crippen molar-refractivity contribution in [1.29, 1.82) is 0 Å². The molecule has 1 unspecified atom stereocenters. The molecule has 1 atom stereocenters. The number of ether oxygens (including phenoxy) is 5. The van der Waals surface area contributed by atoms with Gasteiger partial charge in [0, 0.05) is 78.9 Å². The van der Waals surface area contributed by atoms with Gasteiger partial charge in [-0.25, -0.2) is 4.98 Å². The number of carbonyl (C=O) groups excluding carboxylic acids is 4. The lowest BCUT2D eigenvalue weighted by Crippen LogP contribution is -2.52. The Morgan fingerprint density at radius 3 is 2.25 bits per heavy atom. The van der Waals surface area contributed by atoms with Crippen molar-refractivity contribution < 1.29 is 47.4 Å². The van der Waals surface area contributed by atoms with Crippen LogP contribution >= 0.6 is 18.7 Å². The predicted molar refractivity (Wildman–Crippen MR) is 264 cm³/mol. The van der Waals surface area contributed by atoms with Crippen LogP contribution in [0.15, 0.2) is 66.9 Å². The number of nitrogens with zero attached hydrogens (tertiary/aromatic N) is 4. The number of hydrogen-bond acceptors (Lipinski definition) is 16. The van der Waals surface area contributed by atoms with Gasteiger partial charge in [-0.15, -0.1) is 0 Å². The van der Waals surface area contributed by atoms with E-state index in [1.807, 2.05) is 48.5 Å². The van der Waals surface area contributed by atoms with Crippen LogP contribution in [0, 0.1) is 0 Å². The van der Waals surface area contributed by atoms with Gasteiger partial charge in [0.2, 0.25) is 23.7 Å². The van der Waals surface area contributed by atoms with E-state index in [9.17, 15) is 23.7 Å². The number of hydrogen-bond donors (Lipinski definition) is 5. The maximum Gasteiger partial charge on any atom is 0.255 e. The van der Waals surface area contributed by atoms with Crippen molar-refractivity contribution >= 4 is 82.2 Å². The summed E-state index contributed by atoms with van der Waals surface area (Å²) in [5.74, 6) is 0.297. The van der Waals surface area contributed by atoms with Gasteiger partial charge in [0.25, 0.3) is 5.91 Å². The summed E-state index contributed by atoms with van der Waals surface area (Å²) >= 11 is 6.46. The van der Waals surface area contributed by atoms with E-state index in [1.54, 1.807) is 32.6 Å². The molecule has 0 aliphatic carbocycles. The Morgan fingerprint density at radius 1 is 0.841 bits per heavy atom. The number of imide groups is 1. The second-order valence-corrected chi connectivity index (χ2v) is 20.7. The van der Waals surface area contributed by atoms with Crippen LogP contribution in [-0.4, -0.2) is 144 Å². The zero-order valence-corrected chi connectivity index (χ0v) is 40.9. The van der Waals surface area contributed by atoms with Gasteiger partial charge in [-0.3, -0.25) is 24.5 Å². The molecule has 2 saturated heterocycles. The van der Waals surface area contributed by atoms with Crippen molar-refractivity contribution in [3.63, 3.8) is 0 Å². The Bertz CT molecular complexity index is 2490. The third kappa shape index (κ3) is 14.1. The zero-order chi connectivity index (χ0) is 48.8. The second-order valence-electron chi connectivity index (χ2n) is 17.1. The Balaban J connectivity index is 0.703. The Labute approximate surface area is 407 Å². The molecule has 370 valence electrons. The van der Waals surface area contributed by atoms with Gasteiger partial charge in [-0.05, 0) is 69.0 Å². The number of rotatable bonds is 25. The molecule has 0 radical (unpaired) electrons. The fourth-order valence-corrected chi connectivity index (χ4v) is 9.60. The molecule has 4 heterocycles. The monoisotopic (exact) mass is 989 g/mol. The highest BCUT2D eigenvalue weighted by atomic mass is 35.5. The van der Waals surface area contributed by atoms with E-state index >= 15 is 0 Å². The molecule has 0 bridgehead atoms. The average molecular weight is 990 g/mol. The minimum atomic E-state index is -2.56. The fourth-order valence-electron chi connectivity index (χ4n) is 8.31. The number of para-hydroxylation sites is 1. The van der Waals surface area contributed by atoms with Crippen LogP contribution in [-0.2, 0) is 44.4 Å². The van der Waals surface area contributed by atoms with E-state index in [1.165, 1.54) is 11.1 Å². The topological polar surface area (TPSA) is 224 Å². The summed E-state index contributed by atoms with van der Waals surface area (Å²) < 4.78 is 41.1. The molecule has 4 aromatic rings. The third-order valence-electron chi connectivity index (χ3n) is 11.9. The SMILES string of the molecule is COc1cc(N2CCC(NC(=O)CCOCCOCCOCCOCCNc3cccc4c3CN(C3CCC(=O)NC3=O)C4=O)CC2)ccc1Nc1ncc(Cl)c(Nc2ccccc2P(C)(C)=O)n1. The number of methoxy groups -OCH3 is 1. The number of piperidine rings is 2. The summed E-state index contributed by atoms with van der Waals surface area (Å²) in [5.41, 5.74) is 4.53. The molecule has 4 amide bonds. The first-order valence-corrected chi connectivity index (χ1v) is 26.1. The van der Waals surface area contributed by atoms with Gasteiger partial charge in [-0.2, -0.15) is 4.98 Å². The van der Waals surface area contributed by atoms with Gasteiger partial charge >= 0.3 is 0 Å². The summed E-state index contributed by atoms with van der Waals surface area (Å²) in [7, 11) is -0.959. The van der Waals surface area contributed by atoms with Crippen LogP contribution in [0.2, 0.25) is 5.02 Å². The second kappa shape index (κ2) is 24.6. The Hall–Kier alpha value is -5.82.